The summed E-state index contributed by atoms with van der Waals surface area (Å²) < 4.78 is 4.46. The van der Waals surface area contributed by atoms with Gasteiger partial charge in [-0.25, -0.2) is 4.79 Å². The number of hydrogen-bond donors (Lipinski definition) is 1. The van der Waals surface area contributed by atoms with Crippen molar-refractivity contribution in [2.24, 2.45) is 0 Å². The predicted molar refractivity (Wildman–Crippen MR) is 42.1 cm³/mol. The minimum absolute atomic E-state index is 0.106. The molecule has 12 heavy (non-hydrogen) atoms. The van der Waals surface area contributed by atoms with Crippen LogP contribution < -0.4 is 0 Å². The van der Waals surface area contributed by atoms with Crippen LogP contribution in [-0.4, -0.2) is 23.8 Å². The van der Waals surface area contributed by atoms with E-state index in [0.29, 0.717) is 11.3 Å². The molecular formula is C8H9NO3. The van der Waals surface area contributed by atoms with Crippen molar-refractivity contribution in [3.05, 3.63) is 23.5 Å². The topological polar surface area (TPSA) is 59.2 Å². The van der Waals surface area contributed by atoms with Crippen molar-refractivity contribution >= 4 is 11.8 Å². The number of ether oxygens (including phenoxy) is 1. The lowest BCUT2D eigenvalue weighted by molar-refractivity contribution is 0.0601. The standard InChI is InChI=1S/C8H9NO3/c1-5(10)7-3-6(4-9-7)8(11)12-2/h3-4,9H,1-2H3. The summed E-state index contributed by atoms with van der Waals surface area (Å²) in [6, 6.07) is 1.47. The third-order valence-corrected chi connectivity index (χ3v) is 1.48. The molecule has 0 spiro atoms. The van der Waals surface area contributed by atoms with E-state index in [1.54, 1.807) is 0 Å². The highest BCUT2D eigenvalue weighted by Crippen LogP contribution is 2.04. The highest BCUT2D eigenvalue weighted by Gasteiger charge is 2.09. The average molecular weight is 167 g/mol. The van der Waals surface area contributed by atoms with Gasteiger partial charge in [-0.15, -0.1) is 0 Å². The van der Waals surface area contributed by atoms with Crippen LogP contribution in [0.25, 0.3) is 0 Å². The molecule has 0 unspecified atom stereocenters. The Kier molecular flexibility index (Phi) is 2.28. The SMILES string of the molecule is COC(=O)c1c[nH]c(C(C)=O)c1. The third-order valence-electron chi connectivity index (χ3n) is 1.48. The molecule has 1 N–H and O–H groups in total. The number of aromatic amines is 1. The van der Waals surface area contributed by atoms with Crippen LogP contribution in [0.1, 0.15) is 27.8 Å². The highest BCUT2D eigenvalue weighted by atomic mass is 16.5. The zero-order valence-electron chi connectivity index (χ0n) is 6.88. The van der Waals surface area contributed by atoms with Gasteiger partial charge in [0.1, 0.15) is 0 Å². The van der Waals surface area contributed by atoms with Gasteiger partial charge in [0, 0.05) is 13.1 Å². The predicted octanol–water partition coefficient (Wildman–Crippen LogP) is 1.00. The lowest BCUT2D eigenvalue weighted by Gasteiger charge is -1.91. The number of carbonyl (C=O) groups excluding carboxylic acids is 2. The van der Waals surface area contributed by atoms with Crippen LogP contribution in [0.15, 0.2) is 12.3 Å². The first-order valence-corrected chi connectivity index (χ1v) is 3.43. The zero-order chi connectivity index (χ0) is 9.14. The summed E-state index contributed by atoms with van der Waals surface area (Å²) in [7, 11) is 1.29. The van der Waals surface area contributed by atoms with E-state index in [2.05, 4.69) is 9.72 Å². The number of H-pyrrole nitrogens is 1. The fraction of sp³-hybridized carbons (Fsp3) is 0.250. The van der Waals surface area contributed by atoms with Crippen LogP contribution in [0.2, 0.25) is 0 Å². The van der Waals surface area contributed by atoms with Crippen molar-refractivity contribution in [2.45, 2.75) is 6.92 Å². The van der Waals surface area contributed by atoms with Crippen molar-refractivity contribution in [2.75, 3.05) is 7.11 Å². The number of carbonyl (C=O) groups is 2. The molecule has 1 aromatic heterocycles. The second-order valence-corrected chi connectivity index (χ2v) is 2.35. The lowest BCUT2D eigenvalue weighted by Crippen LogP contribution is -1.98. The molecule has 1 heterocycles. The average Bonchev–Trinajstić information content (AvgIpc) is 2.51. The molecule has 1 aromatic rings. The molecule has 0 saturated carbocycles. The monoisotopic (exact) mass is 167 g/mol. The molecule has 4 heteroatoms. The molecule has 1 rings (SSSR count). The minimum Gasteiger partial charge on any atom is -0.465 e. The zero-order valence-corrected chi connectivity index (χ0v) is 6.88. The first kappa shape index (κ1) is 8.52. The highest BCUT2D eigenvalue weighted by molar-refractivity contribution is 5.96. The molecule has 0 aliphatic rings. The normalized spacial score (nSPS) is 9.50. The number of Topliss-reactive ketones (excluding diaryl/α,β-unsaturated/α-hetero) is 1. The summed E-state index contributed by atoms with van der Waals surface area (Å²) in [4.78, 5) is 24.4. The fourth-order valence-electron chi connectivity index (χ4n) is 0.833. The Balaban J connectivity index is 2.91. The smallest absolute Gasteiger partial charge is 0.339 e. The summed E-state index contributed by atoms with van der Waals surface area (Å²) in [6.45, 7) is 1.42. The second-order valence-electron chi connectivity index (χ2n) is 2.35. The molecule has 0 bridgehead atoms. The van der Waals surface area contributed by atoms with Crippen LogP contribution in [0.3, 0.4) is 0 Å². The molecule has 0 aromatic carbocycles. The van der Waals surface area contributed by atoms with Gasteiger partial charge in [-0.3, -0.25) is 4.79 Å². The summed E-state index contributed by atoms with van der Waals surface area (Å²) in [6.07, 6.45) is 1.45. The minimum atomic E-state index is -0.446. The number of ketones is 1. The first-order valence-electron chi connectivity index (χ1n) is 3.43. The van der Waals surface area contributed by atoms with E-state index < -0.39 is 5.97 Å². The van der Waals surface area contributed by atoms with E-state index in [1.165, 1.54) is 26.3 Å². The maximum absolute atomic E-state index is 10.9. The maximum atomic E-state index is 10.9. The molecule has 0 saturated heterocycles. The summed E-state index contributed by atoms with van der Waals surface area (Å²) in [5.74, 6) is -0.552. The number of methoxy groups -OCH3 is 1. The van der Waals surface area contributed by atoms with E-state index in [0.717, 1.165) is 0 Å². The molecule has 0 amide bonds. The van der Waals surface area contributed by atoms with Crippen LogP contribution in [-0.2, 0) is 4.74 Å². The van der Waals surface area contributed by atoms with Crippen LogP contribution >= 0.6 is 0 Å². The molecule has 0 fully saturated rings. The Hall–Kier alpha value is -1.58. The second kappa shape index (κ2) is 3.21. The Bertz CT molecular complexity index is 314. The number of nitrogens with one attached hydrogen (secondary N) is 1. The van der Waals surface area contributed by atoms with Gasteiger partial charge in [0.2, 0.25) is 0 Å². The van der Waals surface area contributed by atoms with E-state index in [-0.39, 0.29) is 5.78 Å². The lowest BCUT2D eigenvalue weighted by atomic mass is 10.2. The van der Waals surface area contributed by atoms with Crippen molar-refractivity contribution in [1.29, 1.82) is 0 Å². The first-order chi connectivity index (χ1) is 5.65. The van der Waals surface area contributed by atoms with E-state index >= 15 is 0 Å². The Morgan fingerprint density at radius 3 is 2.58 bits per heavy atom. The van der Waals surface area contributed by atoms with Gasteiger partial charge in [0.15, 0.2) is 5.78 Å². The van der Waals surface area contributed by atoms with Gasteiger partial charge in [0.05, 0.1) is 18.4 Å². The van der Waals surface area contributed by atoms with E-state index in [9.17, 15) is 9.59 Å². The van der Waals surface area contributed by atoms with Crippen LogP contribution in [0.5, 0.6) is 0 Å². The Morgan fingerprint density at radius 1 is 1.50 bits per heavy atom. The molecule has 64 valence electrons. The molecule has 0 aliphatic carbocycles. The van der Waals surface area contributed by atoms with Crippen LogP contribution in [0.4, 0.5) is 0 Å². The van der Waals surface area contributed by atoms with Gasteiger partial charge in [-0.1, -0.05) is 0 Å². The third kappa shape index (κ3) is 1.53. The number of rotatable bonds is 2. The van der Waals surface area contributed by atoms with Gasteiger partial charge in [-0.05, 0) is 6.07 Å². The molecule has 0 radical (unpaired) electrons. The van der Waals surface area contributed by atoms with Crippen molar-refractivity contribution in [3.63, 3.8) is 0 Å². The number of aromatic nitrogens is 1. The maximum Gasteiger partial charge on any atom is 0.339 e. The summed E-state index contributed by atoms with van der Waals surface area (Å²) in [5, 5.41) is 0. The fourth-order valence-corrected chi connectivity index (χ4v) is 0.833. The quantitative estimate of drug-likeness (QED) is 0.528. The van der Waals surface area contributed by atoms with Gasteiger partial charge in [0.25, 0.3) is 0 Å². The number of hydrogen-bond acceptors (Lipinski definition) is 3. The van der Waals surface area contributed by atoms with Gasteiger partial charge >= 0.3 is 5.97 Å². The Labute approximate surface area is 69.5 Å². The summed E-state index contributed by atoms with van der Waals surface area (Å²) in [5.41, 5.74) is 0.776. The van der Waals surface area contributed by atoms with Gasteiger partial charge < -0.3 is 9.72 Å². The molecule has 0 atom stereocenters. The van der Waals surface area contributed by atoms with Crippen LogP contribution in [0, 0.1) is 0 Å². The van der Waals surface area contributed by atoms with Crippen molar-refractivity contribution < 1.29 is 14.3 Å². The van der Waals surface area contributed by atoms with Gasteiger partial charge in [-0.2, -0.15) is 0 Å². The number of esters is 1. The molecule has 4 nitrogen and oxygen atoms in total. The molecular weight excluding hydrogens is 158 g/mol. The largest absolute Gasteiger partial charge is 0.465 e. The summed E-state index contributed by atoms with van der Waals surface area (Å²) >= 11 is 0. The van der Waals surface area contributed by atoms with E-state index in [1.807, 2.05) is 0 Å². The van der Waals surface area contributed by atoms with Crippen molar-refractivity contribution in [3.8, 4) is 0 Å². The molecule has 0 aliphatic heterocycles. The van der Waals surface area contributed by atoms with Crippen molar-refractivity contribution in [1.82, 2.24) is 4.98 Å². The van der Waals surface area contributed by atoms with E-state index in [4.69, 9.17) is 0 Å². The Morgan fingerprint density at radius 2 is 2.17 bits per heavy atom.